The van der Waals surface area contributed by atoms with E-state index in [9.17, 15) is 9.59 Å². The Morgan fingerprint density at radius 3 is 2.71 bits per heavy atom. The summed E-state index contributed by atoms with van der Waals surface area (Å²) in [5.74, 6) is -1.20. The summed E-state index contributed by atoms with van der Waals surface area (Å²) in [7, 11) is 0. The molecule has 2 amide bonds. The first kappa shape index (κ1) is 15.7. The second-order valence-electron chi connectivity index (χ2n) is 4.50. The van der Waals surface area contributed by atoms with Gasteiger partial charge in [-0.3, -0.25) is 4.79 Å². The molecule has 7 heteroatoms. The zero-order chi connectivity index (χ0) is 15.6. The predicted molar refractivity (Wildman–Crippen MR) is 80.1 cm³/mol. The second kappa shape index (κ2) is 6.37. The van der Waals surface area contributed by atoms with Crippen molar-refractivity contribution in [1.29, 1.82) is 0 Å². The van der Waals surface area contributed by atoms with Gasteiger partial charge in [0.1, 0.15) is 5.92 Å². The lowest BCUT2D eigenvalue weighted by molar-refractivity contribution is -0.147. The van der Waals surface area contributed by atoms with Gasteiger partial charge >= 0.3 is 12.0 Å². The molecule has 112 valence electrons. The summed E-state index contributed by atoms with van der Waals surface area (Å²) in [6.45, 7) is 5.69. The van der Waals surface area contributed by atoms with E-state index in [1.807, 2.05) is 0 Å². The van der Waals surface area contributed by atoms with Crippen molar-refractivity contribution in [1.82, 2.24) is 10.6 Å². The van der Waals surface area contributed by atoms with Crippen LogP contribution in [0, 0.1) is 5.92 Å². The number of ether oxygens (including phenoxy) is 1. The van der Waals surface area contributed by atoms with Gasteiger partial charge in [-0.15, -0.1) is 0 Å². The molecule has 0 spiro atoms. The number of halogens is 2. The number of benzene rings is 1. The number of hydrogen-bond donors (Lipinski definition) is 2. The van der Waals surface area contributed by atoms with Crippen LogP contribution in [0.25, 0.3) is 0 Å². The van der Waals surface area contributed by atoms with E-state index >= 15 is 0 Å². The SMILES string of the molecule is C=C1NC(=O)NC(c2ccc(Cl)c(Cl)c2)C1C(=O)OCC. The van der Waals surface area contributed by atoms with Gasteiger partial charge < -0.3 is 15.4 Å². The smallest absolute Gasteiger partial charge is 0.319 e. The molecule has 0 saturated carbocycles. The molecule has 1 saturated heterocycles. The van der Waals surface area contributed by atoms with Crippen LogP contribution in [-0.2, 0) is 9.53 Å². The summed E-state index contributed by atoms with van der Waals surface area (Å²) in [5, 5.41) is 5.91. The molecular weight excluding hydrogens is 315 g/mol. The first-order valence-corrected chi connectivity index (χ1v) is 7.07. The standard InChI is InChI=1S/C14H14Cl2N2O3/c1-3-21-13(19)11-7(2)17-14(20)18-12(11)8-4-5-9(15)10(16)6-8/h4-6,11-12H,2-3H2,1H3,(H2,17,18,20). The fourth-order valence-electron chi connectivity index (χ4n) is 2.18. The van der Waals surface area contributed by atoms with E-state index in [2.05, 4.69) is 17.2 Å². The topological polar surface area (TPSA) is 67.4 Å². The Morgan fingerprint density at radius 1 is 1.38 bits per heavy atom. The quantitative estimate of drug-likeness (QED) is 0.838. The molecule has 5 nitrogen and oxygen atoms in total. The molecule has 1 aliphatic heterocycles. The van der Waals surface area contributed by atoms with Crippen LogP contribution in [0.4, 0.5) is 4.79 Å². The summed E-state index contributed by atoms with van der Waals surface area (Å²) in [5.41, 5.74) is 0.937. The molecule has 2 unspecified atom stereocenters. The molecule has 1 aromatic rings. The monoisotopic (exact) mass is 328 g/mol. The minimum atomic E-state index is -0.736. The molecule has 0 aromatic heterocycles. The van der Waals surface area contributed by atoms with Crippen molar-refractivity contribution in [3.63, 3.8) is 0 Å². The summed E-state index contributed by atoms with van der Waals surface area (Å²) < 4.78 is 5.04. The number of nitrogens with one attached hydrogen (secondary N) is 2. The fraction of sp³-hybridized carbons (Fsp3) is 0.286. The van der Waals surface area contributed by atoms with Crippen molar-refractivity contribution < 1.29 is 14.3 Å². The van der Waals surface area contributed by atoms with Crippen LogP contribution < -0.4 is 10.6 Å². The Morgan fingerprint density at radius 2 is 2.10 bits per heavy atom. The molecule has 1 aromatic carbocycles. The number of carbonyl (C=O) groups is 2. The lowest BCUT2D eigenvalue weighted by Crippen LogP contribution is -2.51. The normalized spacial score (nSPS) is 21.5. The highest BCUT2D eigenvalue weighted by Crippen LogP contribution is 2.33. The van der Waals surface area contributed by atoms with E-state index in [1.54, 1.807) is 25.1 Å². The van der Waals surface area contributed by atoms with Crippen LogP contribution in [0.2, 0.25) is 10.0 Å². The lowest BCUT2D eigenvalue weighted by Gasteiger charge is -2.33. The Kier molecular flexibility index (Phi) is 4.75. The van der Waals surface area contributed by atoms with Gasteiger partial charge in [0.15, 0.2) is 0 Å². The molecule has 0 aliphatic carbocycles. The van der Waals surface area contributed by atoms with Crippen LogP contribution >= 0.6 is 23.2 Å². The van der Waals surface area contributed by atoms with Crippen molar-refractivity contribution in [3.05, 3.63) is 46.1 Å². The van der Waals surface area contributed by atoms with Gasteiger partial charge in [-0.05, 0) is 24.6 Å². The van der Waals surface area contributed by atoms with Crippen molar-refractivity contribution in [3.8, 4) is 0 Å². The molecule has 2 atom stereocenters. The molecular formula is C14H14Cl2N2O3. The van der Waals surface area contributed by atoms with Crippen molar-refractivity contribution in [2.45, 2.75) is 13.0 Å². The van der Waals surface area contributed by atoms with Crippen LogP contribution in [0.15, 0.2) is 30.5 Å². The third kappa shape index (κ3) is 3.31. The number of esters is 1. The fourth-order valence-corrected chi connectivity index (χ4v) is 2.48. The van der Waals surface area contributed by atoms with Gasteiger partial charge in [-0.1, -0.05) is 35.8 Å². The number of urea groups is 1. The minimum absolute atomic E-state index is 0.241. The lowest BCUT2D eigenvalue weighted by atomic mass is 9.89. The Hall–Kier alpha value is -1.72. The minimum Gasteiger partial charge on any atom is -0.465 e. The largest absolute Gasteiger partial charge is 0.465 e. The summed E-state index contributed by atoms with van der Waals surface area (Å²) in [6, 6.07) is 3.87. The highest BCUT2D eigenvalue weighted by atomic mass is 35.5. The first-order chi connectivity index (χ1) is 9.93. The first-order valence-electron chi connectivity index (χ1n) is 6.32. The number of hydrogen-bond acceptors (Lipinski definition) is 3. The molecule has 0 bridgehead atoms. The van der Waals surface area contributed by atoms with Crippen LogP contribution in [-0.4, -0.2) is 18.6 Å². The van der Waals surface area contributed by atoms with Crippen LogP contribution in [0.1, 0.15) is 18.5 Å². The molecule has 2 rings (SSSR count). The number of rotatable bonds is 3. The molecule has 21 heavy (non-hydrogen) atoms. The summed E-state index contributed by atoms with van der Waals surface area (Å²) in [6.07, 6.45) is 0. The molecule has 2 N–H and O–H groups in total. The average Bonchev–Trinajstić information content (AvgIpc) is 2.41. The zero-order valence-corrected chi connectivity index (χ0v) is 12.8. The molecule has 0 radical (unpaired) electrons. The maximum atomic E-state index is 12.1. The summed E-state index contributed by atoms with van der Waals surface area (Å²) in [4.78, 5) is 23.8. The van der Waals surface area contributed by atoms with Gasteiger partial charge in [0.2, 0.25) is 0 Å². The van der Waals surface area contributed by atoms with Crippen molar-refractivity contribution in [2.24, 2.45) is 5.92 Å². The van der Waals surface area contributed by atoms with Gasteiger partial charge in [0, 0.05) is 5.70 Å². The maximum Gasteiger partial charge on any atom is 0.319 e. The van der Waals surface area contributed by atoms with Crippen molar-refractivity contribution >= 4 is 35.2 Å². The number of amides is 2. The van der Waals surface area contributed by atoms with Gasteiger partial charge in [-0.25, -0.2) is 4.79 Å². The van der Waals surface area contributed by atoms with Gasteiger partial charge in [0.25, 0.3) is 0 Å². The summed E-state index contributed by atoms with van der Waals surface area (Å²) >= 11 is 11.9. The van der Waals surface area contributed by atoms with E-state index < -0.39 is 24.0 Å². The van der Waals surface area contributed by atoms with E-state index in [0.717, 1.165) is 0 Å². The molecule has 1 fully saturated rings. The zero-order valence-electron chi connectivity index (χ0n) is 11.3. The highest BCUT2D eigenvalue weighted by Gasteiger charge is 2.38. The number of carbonyl (C=O) groups excluding carboxylic acids is 2. The van der Waals surface area contributed by atoms with Crippen molar-refractivity contribution in [2.75, 3.05) is 6.61 Å². The van der Waals surface area contributed by atoms with Crippen LogP contribution in [0.3, 0.4) is 0 Å². The molecule has 1 aliphatic rings. The Balaban J connectivity index is 2.39. The average molecular weight is 329 g/mol. The Labute approximate surface area is 132 Å². The second-order valence-corrected chi connectivity index (χ2v) is 5.32. The van der Waals surface area contributed by atoms with Crippen LogP contribution in [0.5, 0.6) is 0 Å². The van der Waals surface area contributed by atoms with E-state index in [-0.39, 0.29) is 12.3 Å². The van der Waals surface area contributed by atoms with E-state index in [1.165, 1.54) is 0 Å². The molecule has 1 heterocycles. The van der Waals surface area contributed by atoms with Gasteiger partial charge in [-0.2, -0.15) is 0 Å². The highest BCUT2D eigenvalue weighted by molar-refractivity contribution is 6.42. The van der Waals surface area contributed by atoms with E-state index in [0.29, 0.717) is 15.6 Å². The third-order valence-electron chi connectivity index (χ3n) is 3.11. The Bertz CT molecular complexity index is 604. The predicted octanol–water partition coefficient (Wildman–Crippen LogP) is 3.04. The maximum absolute atomic E-state index is 12.1. The van der Waals surface area contributed by atoms with Gasteiger partial charge in [0.05, 0.1) is 22.7 Å². The third-order valence-corrected chi connectivity index (χ3v) is 3.85. The van der Waals surface area contributed by atoms with E-state index in [4.69, 9.17) is 27.9 Å².